The molecule has 1 aromatic carbocycles. The van der Waals surface area contributed by atoms with Crippen molar-refractivity contribution in [2.75, 3.05) is 17.1 Å². The average molecular weight is 253 g/mol. The summed E-state index contributed by atoms with van der Waals surface area (Å²) >= 11 is 0. The molecule has 5 heteroatoms. The summed E-state index contributed by atoms with van der Waals surface area (Å²) in [5.74, 6) is -0.959. The zero-order chi connectivity index (χ0) is 12.8. The molecule has 4 nitrogen and oxygen atoms in total. The summed E-state index contributed by atoms with van der Waals surface area (Å²) in [6.07, 6.45) is 1.61. The second-order valence-electron chi connectivity index (χ2n) is 4.88. The number of anilines is 1. The Balaban J connectivity index is 2.58. The molecule has 0 saturated heterocycles. The largest absolute Gasteiger partial charge is 0.478 e. The first-order valence-corrected chi connectivity index (χ1v) is 6.83. The molecule has 0 aliphatic carbocycles. The molecule has 1 aliphatic rings. The summed E-state index contributed by atoms with van der Waals surface area (Å²) in [5, 5.41) is 8.98. The van der Waals surface area contributed by atoms with E-state index in [-0.39, 0.29) is 11.0 Å². The van der Waals surface area contributed by atoms with Gasteiger partial charge in [0, 0.05) is 18.2 Å². The topological polar surface area (TPSA) is 57.6 Å². The first-order chi connectivity index (χ1) is 7.83. The van der Waals surface area contributed by atoms with Crippen LogP contribution in [0.1, 0.15) is 29.8 Å². The Bertz CT molecular complexity index is 510. The van der Waals surface area contributed by atoms with Gasteiger partial charge in [-0.2, -0.15) is 0 Å². The highest BCUT2D eigenvalue weighted by Gasteiger charge is 2.36. The molecule has 1 heterocycles. The van der Waals surface area contributed by atoms with Crippen LogP contribution in [0, 0.1) is 0 Å². The van der Waals surface area contributed by atoms with Gasteiger partial charge in [-0.25, -0.2) is 9.00 Å². The lowest BCUT2D eigenvalue weighted by molar-refractivity contribution is 0.0697. The summed E-state index contributed by atoms with van der Waals surface area (Å²) in [6, 6.07) is 5.03. The zero-order valence-electron chi connectivity index (χ0n) is 10.1. The fourth-order valence-electron chi connectivity index (χ4n) is 2.20. The number of carboxylic acid groups (broad SMARTS) is 1. The maximum absolute atomic E-state index is 11.7. The number of aromatic carboxylic acids is 1. The van der Waals surface area contributed by atoms with Crippen molar-refractivity contribution in [2.24, 2.45) is 0 Å². The molecule has 2 rings (SSSR count). The Morgan fingerprint density at radius 3 is 2.65 bits per heavy atom. The van der Waals surface area contributed by atoms with Gasteiger partial charge >= 0.3 is 5.97 Å². The number of fused-ring (bicyclic) bond motifs is 1. The minimum absolute atomic E-state index is 0.0992. The molecule has 0 aromatic heterocycles. The lowest BCUT2D eigenvalue weighted by Crippen LogP contribution is -2.29. The first-order valence-electron chi connectivity index (χ1n) is 5.32. The van der Waals surface area contributed by atoms with Gasteiger partial charge < -0.3 is 5.11 Å². The van der Waals surface area contributed by atoms with E-state index in [4.69, 9.17) is 5.11 Å². The summed E-state index contributed by atoms with van der Waals surface area (Å²) in [7, 11) is -1.13. The smallest absolute Gasteiger partial charge is 0.335 e. The van der Waals surface area contributed by atoms with Crippen LogP contribution in [0.2, 0.25) is 0 Å². The molecule has 1 atom stereocenters. The van der Waals surface area contributed by atoms with Crippen LogP contribution in [0.25, 0.3) is 0 Å². The van der Waals surface area contributed by atoms with Gasteiger partial charge in [-0.3, -0.25) is 4.31 Å². The van der Waals surface area contributed by atoms with Gasteiger partial charge in [-0.05, 0) is 17.7 Å². The number of benzene rings is 1. The van der Waals surface area contributed by atoms with E-state index in [0.717, 1.165) is 11.3 Å². The number of rotatable bonds is 2. The monoisotopic (exact) mass is 253 g/mol. The van der Waals surface area contributed by atoms with Crippen molar-refractivity contribution in [2.45, 2.75) is 19.3 Å². The molecule has 0 spiro atoms. The quantitative estimate of drug-likeness (QED) is 0.874. The lowest BCUT2D eigenvalue weighted by Gasteiger charge is -2.19. The van der Waals surface area contributed by atoms with Crippen molar-refractivity contribution < 1.29 is 14.1 Å². The van der Waals surface area contributed by atoms with Crippen LogP contribution in [-0.2, 0) is 16.4 Å². The molecule has 0 saturated carbocycles. The van der Waals surface area contributed by atoms with Gasteiger partial charge in [-0.15, -0.1) is 0 Å². The van der Waals surface area contributed by atoms with Crippen molar-refractivity contribution in [3.05, 3.63) is 29.3 Å². The third kappa shape index (κ3) is 1.95. The second kappa shape index (κ2) is 3.84. The van der Waals surface area contributed by atoms with E-state index in [9.17, 15) is 9.00 Å². The van der Waals surface area contributed by atoms with E-state index in [1.165, 1.54) is 0 Å². The molecule has 1 N–H and O–H groups in total. The van der Waals surface area contributed by atoms with Gasteiger partial charge in [0.15, 0.2) is 0 Å². The van der Waals surface area contributed by atoms with E-state index in [0.29, 0.717) is 6.54 Å². The predicted molar refractivity (Wildman–Crippen MR) is 67.8 cm³/mol. The molecule has 0 bridgehead atoms. The van der Waals surface area contributed by atoms with Crippen molar-refractivity contribution in [3.8, 4) is 0 Å². The van der Waals surface area contributed by atoms with Crippen LogP contribution in [0.3, 0.4) is 0 Å². The number of carbonyl (C=O) groups is 1. The Labute approximate surface area is 103 Å². The summed E-state index contributed by atoms with van der Waals surface area (Å²) in [4.78, 5) is 10.9. The maximum atomic E-state index is 11.7. The molecule has 17 heavy (non-hydrogen) atoms. The third-order valence-electron chi connectivity index (χ3n) is 3.09. The van der Waals surface area contributed by atoms with Crippen molar-refractivity contribution in [1.82, 2.24) is 0 Å². The van der Waals surface area contributed by atoms with Crippen LogP contribution in [-0.4, -0.2) is 28.1 Å². The normalized spacial score (nSPS) is 18.9. The van der Waals surface area contributed by atoms with E-state index in [1.807, 2.05) is 6.07 Å². The van der Waals surface area contributed by atoms with Crippen molar-refractivity contribution >= 4 is 22.6 Å². The lowest BCUT2D eigenvalue weighted by atomic mass is 9.86. The summed E-state index contributed by atoms with van der Waals surface area (Å²) in [5.41, 5.74) is 1.96. The highest BCUT2D eigenvalue weighted by Crippen LogP contribution is 2.41. The average Bonchev–Trinajstić information content (AvgIpc) is 2.50. The maximum Gasteiger partial charge on any atom is 0.335 e. The van der Waals surface area contributed by atoms with Gasteiger partial charge in [0.05, 0.1) is 11.3 Å². The minimum atomic E-state index is -1.13. The molecular weight excluding hydrogens is 238 g/mol. The Morgan fingerprint density at radius 2 is 2.12 bits per heavy atom. The SMILES string of the molecule is CS(=O)N1CC(C)(C)c2ccc(C(=O)O)cc21. The molecule has 0 radical (unpaired) electrons. The second-order valence-corrected chi connectivity index (χ2v) is 6.17. The third-order valence-corrected chi connectivity index (χ3v) is 4.04. The Morgan fingerprint density at radius 1 is 1.47 bits per heavy atom. The Hall–Kier alpha value is -1.36. The van der Waals surface area contributed by atoms with E-state index >= 15 is 0 Å². The van der Waals surface area contributed by atoms with Crippen LogP contribution in [0.5, 0.6) is 0 Å². The van der Waals surface area contributed by atoms with Gasteiger partial charge in [0.1, 0.15) is 11.0 Å². The molecule has 0 fully saturated rings. The zero-order valence-corrected chi connectivity index (χ0v) is 10.9. The summed E-state index contributed by atoms with van der Waals surface area (Å²) < 4.78 is 13.4. The fourth-order valence-corrected chi connectivity index (χ4v) is 3.13. The molecule has 92 valence electrons. The molecule has 1 aromatic rings. The van der Waals surface area contributed by atoms with Crippen molar-refractivity contribution in [1.29, 1.82) is 0 Å². The fraction of sp³-hybridized carbons (Fsp3) is 0.417. The molecular formula is C12H15NO3S. The summed E-state index contributed by atoms with van der Waals surface area (Å²) in [6.45, 7) is 4.78. The highest BCUT2D eigenvalue weighted by atomic mass is 32.2. The van der Waals surface area contributed by atoms with E-state index < -0.39 is 17.0 Å². The minimum Gasteiger partial charge on any atom is -0.478 e. The Kier molecular flexibility index (Phi) is 2.73. The van der Waals surface area contributed by atoms with Crippen LogP contribution in [0.4, 0.5) is 5.69 Å². The number of hydrogen-bond acceptors (Lipinski definition) is 2. The molecule has 1 unspecified atom stereocenters. The predicted octanol–water partition coefficient (Wildman–Crippen LogP) is 1.78. The first kappa shape index (κ1) is 12.1. The van der Waals surface area contributed by atoms with E-state index in [1.54, 1.807) is 22.7 Å². The number of nitrogens with zero attached hydrogens (tertiary/aromatic N) is 1. The van der Waals surface area contributed by atoms with Crippen molar-refractivity contribution in [3.63, 3.8) is 0 Å². The number of hydrogen-bond donors (Lipinski definition) is 1. The molecule has 0 amide bonds. The van der Waals surface area contributed by atoms with Crippen LogP contribution >= 0.6 is 0 Å². The van der Waals surface area contributed by atoms with Gasteiger partial charge in [0.2, 0.25) is 0 Å². The molecule has 1 aliphatic heterocycles. The van der Waals surface area contributed by atoms with Gasteiger partial charge in [0.25, 0.3) is 0 Å². The standard InChI is InChI=1S/C12H15NO3S/c1-12(2)7-13(17(3)16)10-6-8(11(14)15)4-5-9(10)12/h4-6H,7H2,1-3H3,(H,14,15). The van der Waals surface area contributed by atoms with Crippen LogP contribution in [0.15, 0.2) is 18.2 Å². The van der Waals surface area contributed by atoms with Crippen LogP contribution < -0.4 is 4.31 Å². The highest BCUT2D eigenvalue weighted by molar-refractivity contribution is 7.85. The van der Waals surface area contributed by atoms with E-state index in [2.05, 4.69) is 13.8 Å². The number of carboxylic acids is 1. The van der Waals surface area contributed by atoms with Gasteiger partial charge in [-0.1, -0.05) is 19.9 Å².